The molecular formula is C21H25FN2O2S. The van der Waals surface area contributed by atoms with Gasteiger partial charge in [-0.05, 0) is 37.1 Å². The van der Waals surface area contributed by atoms with Crippen LogP contribution in [0.2, 0.25) is 0 Å². The summed E-state index contributed by atoms with van der Waals surface area (Å²) in [6, 6.07) is 15.3. The van der Waals surface area contributed by atoms with Crippen LogP contribution in [0.4, 0.5) is 4.39 Å². The topological polar surface area (TPSA) is 49.4 Å². The summed E-state index contributed by atoms with van der Waals surface area (Å²) in [5, 5.41) is 2.78. The normalized spacial score (nSPS) is 11.7. The maximum Gasteiger partial charge on any atom is 0.242 e. The van der Waals surface area contributed by atoms with Gasteiger partial charge in [0.2, 0.25) is 11.8 Å². The van der Waals surface area contributed by atoms with Crippen molar-refractivity contribution in [2.45, 2.75) is 32.2 Å². The van der Waals surface area contributed by atoms with Gasteiger partial charge in [-0.1, -0.05) is 42.5 Å². The van der Waals surface area contributed by atoms with Gasteiger partial charge >= 0.3 is 0 Å². The Balaban J connectivity index is 2.00. The van der Waals surface area contributed by atoms with Gasteiger partial charge in [0.1, 0.15) is 11.9 Å². The van der Waals surface area contributed by atoms with Crippen molar-refractivity contribution in [3.63, 3.8) is 0 Å². The van der Waals surface area contributed by atoms with Crippen LogP contribution in [0, 0.1) is 5.82 Å². The molecule has 0 aliphatic rings. The van der Waals surface area contributed by atoms with Crippen LogP contribution in [0.5, 0.6) is 0 Å². The summed E-state index contributed by atoms with van der Waals surface area (Å²) in [5.41, 5.74) is 1.94. The molecule has 0 spiro atoms. The first-order valence-electron chi connectivity index (χ1n) is 8.94. The van der Waals surface area contributed by atoms with Crippen molar-refractivity contribution in [3.05, 3.63) is 71.5 Å². The fraction of sp³-hybridized carbons (Fsp3) is 0.333. The van der Waals surface area contributed by atoms with E-state index < -0.39 is 6.04 Å². The smallest absolute Gasteiger partial charge is 0.242 e. The van der Waals surface area contributed by atoms with Crippen molar-refractivity contribution in [2.24, 2.45) is 0 Å². The number of hydrogen-bond donors (Lipinski definition) is 1. The first-order valence-corrected chi connectivity index (χ1v) is 10.1. The number of nitrogens with zero attached hydrogens (tertiary/aromatic N) is 1. The molecule has 1 atom stereocenters. The molecule has 0 fully saturated rings. The maximum absolute atomic E-state index is 13.0. The summed E-state index contributed by atoms with van der Waals surface area (Å²) in [7, 11) is 0. The quantitative estimate of drug-likeness (QED) is 0.714. The Labute approximate surface area is 164 Å². The van der Waals surface area contributed by atoms with Gasteiger partial charge < -0.3 is 10.2 Å². The second-order valence-electron chi connectivity index (χ2n) is 6.20. The highest BCUT2D eigenvalue weighted by atomic mass is 32.2. The van der Waals surface area contributed by atoms with Crippen LogP contribution in [0.1, 0.15) is 25.0 Å². The van der Waals surface area contributed by atoms with E-state index in [1.54, 1.807) is 24.0 Å². The Kier molecular flexibility index (Phi) is 8.33. The molecule has 2 aromatic carbocycles. The highest BCUT2D eigenvalue weighted by molar-refractivity contribution is 7.99. The van der Waals surface area contributed by atoms with Gasteiger partial charge in [0, 0.05) is 18.8 Å². The van der Waals surface area contributed by atoms with Crippen LogP contribution < -0.4 is 5.32 Å². The Morgan fingerprint density at radius 2 is 1.74 bits per heavy atom. The molecule has 0 aromatic heterocycles. The van der Waals surface area contributed by atoms with Crippen LogP contribution in [-0.2, 0) is 21.9 Å². The molecule has 0 saturated heterocycles. The molecule has 1 N–H and O–H groups in total. The van der Waals surface area contributed by atoms with Crippen molar-refractivity contribution in [1.29, 1.82) is 0 Å². The third-order valence-electron chi connectivity index (χ3n) is 4.12. The van der Waals surface area contributed by atoms with Crippen molar-refractivity contribution < 1.29 is 14.0 Å². The highest BCUT2D eigenvalue weighted by Crippen LogP contribution is 2.16. The number of thioether (sulfide) groups is 1. The molecule has 0 radical (unpaired) electrons. The van der Waals surface area contributed by atoms with E-state index in [0.29, 0.717) is 18.8 Å². The summed E-state index contributed by atoms with van der Waals surface area (Å²) >= 11 is 1.46. The van der Waals surface area contributed by atoms with E-state index in [1.807, 2.05) is 37.3 Å². The van der Waals surface area contributed by atoms with Gasteiger partial charge in [-0.25, -0.2) is 4.39 Å². The summed E-state index contributed by atoms with van der Waals surface area (Å²) in [6.07, 6.45) is 0. The van der Waals surface area contributed by atoms with Gasteiger partial charge in [-0.2, -0.15) is 0 Å². The first kappa shape index (κ1) is 21.0. The van der Waals surface area contributed by atoms with Crippen LogP contribution >= 0.6 is 11.8 Å². The molecule has 0 heterocycles. The van der Waals surface area contributed by atoms with E-state index in [-0.39, 0.29) is 23.4 Å². The number of benzene rings is 2. The zero-order valence-corrected chi connectivity index (χ0v) is 16.5. The Hall–Kier alpha value is -2.34. The number of likely N-dealkylation sites (N-methyl/N-ethyl adjacent to an activating group) is 1. The minimum atomic E-state index is -0.552. The predicted molar refractivity (Wildman–Crippen MR) is 108 cm³/mol. The minimum Gasteiger partial charge on any atom is -0.355 e. The number of rotatable bonds is 9. The predicted octanol–water partition coefficient (Wildman–Crippen LogP) is 3.61. The van der Waals surface area contributed by atoms with Crippen LogP contribution in [0.3, 0.4) is 0 Å². The average molecular weight is 389 g/mol. The lowest BCUT2D eigenvalue weighted by Crippen LogP contribution is -2.48. The number of nitrogens with one attached hydrogen (secondary N) is 1. The van der Waals surface area contributed by atoms with E-state index >= 15 is 0 Å². The first-order chi connectivity index (χ1) is 13.0. The second kappa shape index (κ2) is 10.7. The van der Waals surface area contributed by atoms with Gasteiger partial charge in [-0.3, -0.25) is 9.59 Å². The van der Waals surface area contributed by atoms with Gasteiger partial charge in [0.15, 0.2) is 0 Å². The third-order valence-corrected chi connectivity index (χ3v) is 5.11. The lowest BCUT2D eigenvalue weighted by molar-refractivity contribution is -0.138. The number of carbonyl (C=O) groups excluding carboxylic acids is 2. The SMILES string of the molecule is CCNC(=O)[C@@H](C)N(Cc1ccccc1)C(=O)CSCc1ccc(F)cc1. The van der Waals surface area contributed by atoms with E-state index in [4.69, 9.17) is 0 Å². The second-order valence-corrected chi connectivity index (χ2v) is 7.18. The molecule has 27 heavy (non-hydrogen) atoms. The molecule has 144 valence electrons. The van der Waals surface area contributed by atoms with Crippen LogP contribution in [-0.4, -0.2) is 35.1 Å². The van der Waals surface area contributed by atoms with E-state index in [9.17, 15) is 14.0 Å². The van der Waals surface area contributed by atoms with Crippen molar-refractivity contribution in [3.8, 4) is 0 Å². The van der Waals surface area contributed by atoms with Gasteiger partial charge in [0.25, 0.3) is 0 Å². The Bertz CT molecular complexity index is 738. The lowest BCUT2D eigenvalue weighted by atomic mass is 10.1. The van der Waals surface area contributed by atoms with Crippen molar-refractivity contribution in [1.82, 2.24) is 10.2 Å². The van der Waals surface area contributed by atoms with E-state index in [2.05, 4.69) is 5.32 Å². The monoisotopic (exact) mass is 388 g/mol. The number of halogens is 1. The van der Waals surface area contributed by atoms with Gasteiger partial charge in [0.05, 0.1) is 5.75 Å². The van der Waals surface area contributed by atoms with Crippen LogP contribution in [0.15, 0.2) is 54.6 Å². The molecular weight excluding hydrogens is 363 g/mol. The summed E-state index contributed by atoms with van der Waals surface area (Å²) in [4.78, 5) is 26.7. The standard InChI is InChI=1S/C21H25FN2O2S/c1-3-23-21(26)16(2)24(13-17-7-5-4-6-8-17)20(25)15-27-14-18-9-11-19(22)12-10-18/h4-12,16H,3,13-15H2,1-2H3,(H,23,26)/t16-/m1/s1. The zero-order chi connectivity index (χ0) is 19.6. The fourth-order valence-electron chi connectivity index (χ4n) is 2.60. The van der Waals surface area contributed by atoms with E-state index in [0.717, 1.165) is 11.1 Å². The molecule has 6 heteroatoms. The third kappa shape index (κ3) is 6.71. The Morgan fingerprint density at radius 1 is 1.07 bits per heavy atom. The molecule has 0 aliphatic carbocycles. The molecule has 4 nitrogen and oxygen atoms in total. The lowest BCUT2D eigenvalue weighted by Gasteiger charge is -2.28. The minimum absolute atomic E-state index is 0.0929. The van der Waals surface area contributed by atoms with Crippen molar-refractivity contribution >= 4 is 23.6 Å². The summed E-state index contributed by atoms with van der Waals surface area (Å²) in [6.45, 7) is 4.51. The Morgan fingerprint density at radius 3 is 2.37 bits per heavy atom. The summed E-state index contributed by atoms with van der Waals surface area (Å²) < 4.78 is 13.0. The molecule has 2 rings (SSSR count). The largest absolute Gasteiger partial charge is 0.355 e. The van der Waals surface area contributed by atoms with Crippen LogP contribution in [0.25, 0.3) is 0 Å². The molecule has 0 aliphatic heterocycles. The zero-order valence-electron chi connectivity index (χ0n) is 15.7. The average Bonchev–Trinajstić information content (AvgIpc) is 2.68. The highest BCUT2D eigenvalue weighted by Gasteiger charge is 2.25. The molecule has 2 amide bonds. The molecule has 2 aromatic rings. The number of amides is 2. The number of carbonyl (C=O) groups is 2. The molecule has 0 bridgehead atoms. The maximum atomic E-state index is 13.0. The molecule has 0 saturated carbocycles. The molecule has 0 unspecified atom stereocenters. The summed E-state index contributed by atoms with van der Waals surface area (Å²) in [5.74, 6) is 0.342. The van der Waals surface area contributed by atoms with E-state index in [1.165, 1.54) is 23.9 Å². The fourth-order valence-corrected chi connectivity index (χ4v) is 3.48. The van der Waals surface area contributed by atoms with Gasteiger partial charge in [-0.15, -0.1) is 11.8 Å². The van der Waals surface area contributed by atoms with Crippen molar-refractivity contribution in [2.75, 3.05) is 12.3 Å². The number of hydrogen-bond acceptors (Lipinski definition) is 3.